The second-order valence-corrected chi connectivity index (χ2v) is 7.89. The van der Waals surface area contributed by atoms with E-state index in [0.717, 1.165) is 17.0 Å². The van der Waals surface area contributed by atoms with E-state index in [0.29, 0.717) is 0 Å². The highest BCUT2D eigenvalue weighted by Gasteiger charge is 2.33. The minimum atomic E-state index is -4.26. The molecule has 0 unspecified atom stereocenters. The standard InChI is InChI=1S/C18H17N3O8S/c1-28-15-5-3-11(21(24)25)9-13(15)19-30(26,27)12-4-6-16(29-2)14(10-12)20-17(22)7-8-18(20)23/h3-6,9-10,19H,7-8H2,1-2H3. The van der Waals surface area contributed by atoms with Crippen LogP contribution in [0.25, 0.3) is 0 Å². The molecule has 11 nitrogen and oxygen atoms in total. The molecule has 0 spiro atoms. The van der Waals surface area contributed by atoms with Crippen molar-refractivity contribution >= 4 is 38.9 Å². The lowest BCUT2D eigenvalue weighted by atomic mass is 10.2. The molecule has 1 aliphatic heterocycles. The van der Waals surface area contributed by atoms with E-state index >= 15 is 0 Å². The summed E-state index contributed by atoms with van der Waals surface area (Å²) < 4.78 is 38.3. The number of hydrogen-bond acceptors (Lipinski definition) is 8. The number of benzene rings is 2. The number of methoxy groups -OCH3 is 2. The van der Waals surface area contributed by atoms with Crippen LogP contribution in [0.4, 0.5) is 17.1 Å². The molecule has 0 bridgehead atoms. The van der Waals surface area contributed by atoms with Crippen molar-refractivity contribution in [3.05, 3.63) is 46.5 Å². The van der Waals surface area contributed by atoms with Crippen LogP contribution in [0.15, 0.2) is 41.3 Å². The summed E-state index contributed by atoms with van der Waals surface area (Å²) in [5, 5.41) is 11.0. The maximum Gasteiger partial charge on any atom is 0.271 e. The molecule has 2 aromatic rings. The van der Waals surface area contributed by atoms with E-state index in [4.69, 9.17) is 9.47 Å². The number of anilines is 2. The van der Waals surface area contributed by atoms with Crippen LogP contribution in [-0.4, -0.2) is 39.4 Å². The number of nitrogens with one attached hydrogen (secondary N) is 1. The van der Waals surface area contributed by atoms with Gasteiger partial charge in [0.1, 0.15) is 11.5 Å². The van der Waals surface area contributed by atoms with Gasteiger partial charge in [-0.15, -0.1) is 0 Å². The highest BCUT2D eigenvalue weighted by molar-refractivity contribution is 7.92. The Bertz CT molecular complexity index is 1130. The van der Waals surface area contributed by atoms with Gasteiger partial charge < -0.3 is 9.47 Å². The first kappa shape index (κ1) is 21.0. The molecule has 1 N–H and O–H groups in total. The minimum absolute atomic E-state index is 0.00103. The first-order valence-electron chi connectivity index (χ1n) is 8.57. The minimum Gasteiger partial charge on any atom is -0.495 e. The highest BCUT2D eigenvalue weighted by Crippen LogP contribution is 2.36. The molecule has 0 radical (unpaired) electrons. The molecular weight excluding hydrogens is 418 g/mol. The number of imide groups is 1. The van der Waals surface area contributed by atoms with Crippen molar-refractivity contribution in [3.63, 3.8) is 0 Å². The van der Waals surface area contributed by atoms with Gasteiger partial charge in [-0.25, -0.2) is 13.3 Å². The van der Waals surface area contributed by atoms with Gasteiger partial charge in [-0.05, 0) is 24.3 Å². The smallest absolute Gasteiger partial charge is 0.271 e. The number of sulfonamides is 1. The Morgan fingerprint density at radius 2 is 1.60 bits per heavy atom. The Hall–Kier alpha value is -3.67. The van der Waals surface area contributed by atoms with Crippen LogP contribution in [0.1, 0.15) is 12.8 Å². The van der Waals surface area contributed by atoms with Crippen molar-refractivity contribution in [1.29, 1.82) is 0 Å². The molecule has 2 aromatic carbocycles. The average molecular weight is 435 g/mol. The summed E-state index contributed by atoms with van der Waals surface area (Å²) >= 11 is 0. The van der Waals surface area contributed by atoms with Gasteiger partial charge in [-0.1, -0.05) is 0 Å². The third-order valence-corrected chi connectivity index (χ3v) is 5.75. The van der Waals surface area contributed by atoms with E-state index in [-0.39, 0.29) is 46.3 Å². The number of nitro benzene ring substituents is 1. The maximum atomic E-state index is 12.9. The number of hydrogen-bond donors (Lipinski definition) is 1. The van der Waals surface area contributed by atoms with Crippen LogP contribution in [0.2, 0.25) is 0 Å². The lowest BCUT2D eigenvalue weighted by Crippen LogP contribution is -2.29. The third kappa shape index (κ3) is 3.89. The van der Waals surface area contributed by atoms with Crippen LogP contribution in [-0.2, 0) is 19.6 Å². The van der Waals surface area contributed by atoms with Crippen molar-refractivity contribution in [1.82, 2.24) is 0 Å². The molecule has 1 fully saturated rings. The van der Waals surface area contributed by atoms with E-state index in [1.807, 2.05) is 0 Å². The quantitative estimate of drug-likeness (QED) is 0.395. The topological polar surface area (TPSA) is 145 Å². The molecule has 1 saturated heterocycles. The second-order valence-electron chi connectivity index (χ2n) is 6.20. The molecule has 2 amide bonds. The number of non-ortho nitro benzene ring substituents is 1. The van der Waals surface area contributed by atoms with Crippen LogP contribution in [0, 0.1) is 10.1 Å². The van der Waals surface area contributed by atoms with Gasteiger partial charge in [0.15, 0.2) is 0 Å². The molecule has 0 atom stereocenters. The van der Waals surface area contributed by atoms with Crippen molar-refractivity contribution in [3.8, 4) is 11.5 Å². The van der Waals surface area contributed by atoms with Crippen molar-refractivity contribution < 1.29 is 32.4 Å². The normalized spacial score (nSPS) is 14.0. The number of ether oxygens (including phenoxy) is 2. The molecule has 0 aromatic heterocycles. The van der Waals surface area contributed by atoms with E-state index in [9.17, 15) is 28.1 Å². The molecule has 158 valence electrons. The van der Waals surface area contributed by atoms with Crippen molar-refractivity contribution in [2.24, 2.45) is 0 Å². The summed E-state index contributed by atoms with van der Waals surface area (Å²) in [5.74, 6) is -0.726. The zero-order chi connectivity index (χ0) is 22.1. The Morgan fingerprint density at radius 3 is 2.17 bits per heavy atom. The predicted molar refractivity (Wildman–Crippen MR) is 105 cm³/mol. The number of carbonyl (C=O) groups excluding carboxylic acids is 2. The zero-order valence-corrected chi connectivity index (χ0v) is 16.8. The Kier molecular flexibility index (Phi) is 5.60. The summed E-state index contributed by atoms with van der Waals surface area (Å²) in [5.41, 5.74) is -0.478. The van der Waals surface area contributed by atoms with Gasteiger partial charge >= 0.3 is 0 Å². The first-order chi connectivity index (χ1) is 14.2. The first-order valence-corrected chi connectivity index (χ1v) is 10.1. The van der Waals surface area contributed by atoms with E-state index in [2.05, 4.69) is 4.72 Å². The lowest BCUT2D eigenvalue weighted by Gasteiger charge is -2.19. The predicted octanol–water partition coefficient (Wildman–Crippen LogP) is 2.07. The average Bonchev–Trinajstić information content (AvgIpc) is 3.05. The maximum absolute atomic E-state index is 12.9. The van der Waals surface area contributed by atoms with Gasteiger partial charge in [-0.3, -0.25) is 24.4 Å². The summed E-state index contributed by atoms with van der Waals surface area (Å²) in [6, 6.07) is 7.12. The van der Waals surface area contributed by atoms with Gasteiger partial charge in [0.2, 0.25) is 11.8 Å². The Morgan fingerprint density at radius 1 is 1.00 bits per heavy atom. The van der Waals surface area contributed by atoms with Gasteiger partial charge in [0.05, 0.1) is 35.4 Å². The van der Waals surface area contributed by atoms with Crippen LogP contribution >= 0.6 is 0 Å². The number of nitrogens with zero attached hydrogens (tertiary/aromatic N) is 2. The SMILES string of the molecule is COc1ccc([N+](=O)[O-])cc1NS(=O)(=O)c1ccc(OC)c(N2C(=O)CCC2=O)c1. The summed E-state index contributed by atoms with van der Waals surface area (Å²) in [4.78, 5) is 35.1. The molecule has 30 heavy (non-hydrogen) atoms. The van der Waals surface area contributed by atoms with Crippen LogP contribution in [0.5, 0.6) is 11.5 Å². The zero-order valence-electron chi connectivity index (χ0n) is 15.9. The van der Waals surface area contributed by atoms with E-state index in [1.54, 1.807) is 0 Å². The van der Waals surface area contributed by atoms with Gasteiger partial charge in [-0.2, -0.15) is 0 Å². The summed E-state index contributed by atoms with van der Waals surface area (Å²) in [6.45, 7) is 0. The van der Waals surface area contributed by atoms with Gasteiger partial charge in [0, 0.05) is 25.0 Å². The Labute approximate surface area is 171 Å². The lowest BCUT2D eigenvalue weighted by molar-refractivity contribution is -0.384. The van der Waals surface area contributed by atoms with Gasteiger partial charge in [0.25, 0.3) is 15.7 Å². The van der Waals surface area contributed by atoms with E-state index < -0.39 is 26.8 Å². The fourth-order valence-electron chi connectivity index (χ4n) is 2.95. The summed E-state index contributed by atoms with van der Waals surface area (Å²) in [7, 11) is -1.65. The molecule has 0 saturated carbocycles. The number of nitro groups is 1. The Balaban J connectivity index is 2.04. The molecule has 12 heteroatoms. The highest BCUT2D eigenvalue weighted by atomic mass is 32.2. The van der Waals surface area contributed by atoms with E-state index in [1.165, 1.54) is 38.5 Å². The second kappa shape index (κ2) is 7.99. The number of carbonyl (C=O) groups is 2. The molecule has 1 aliphatic rings. The third-order valence-electron chi connectivity index (χ3n) is 4.39. The summed E-state index contributed by atoms with van der Waals surface area (Å²) in [6.07, 6.45) is 0.0319. The van der Waals surface area contributed by atoms with Crippen molar-refractivity contribution in [2.45, 2.75) is 17.7 Å². The fraction of sp³-hybridized carbons (Fsp3) is 0.222. The largest absolute Gasteiger partial charge is 0.495 e. The van der Waals surface area contributed by atoms with Crippen LogP contribution in [0.3, 0.4) is 0 Å². The number of rotatable bonds is 7. The van der Waals surface area contributed by atoms with Crippen molar-refractivity contribution in [2.75, 3.05) is 23.8 Å². The molecule has 1 heterocycles. The molecule has 0 aliphatic carbocycles. The fourth-order valence-corrected chi connectivity index (χ4v) is 4.03. The van der Waals surface area contributed by atoms with Crippen LogP contribution < -0.4 is 19.1 Å². The molecule has 3 rings (SSSR count). The monoisotopic (exact) mass is 435 g/mol. The number of amides is 2. The molecular formula is C18H17N3O8S.